The van der Waals surface area contributed by atoms with E-state index >= 15 is 0 Å². The van der Waals surface area contributed by atoms with Gasteiger partial charge in [-0.15, -0.1) is 0 Å². The van der Waals surface area contributed by atoms with Crippen LogP contribution in [0.3, 0.4) is 0 Å². The summed E-state index contributed by atoms with van der Waals surface area (Å²) in [6.45, 7) is 16.8. The molecule has 0 bridgehead atoms. The second-order valence-electron chi connectivity index (χ2n) is 23.0. The number of aliphatic carboxylic acids is 1. The number of amidine groups is 1. The van der Waals surface area contributed by atoms with Crippen LogP contribution in [0.15, 0.2) is 148 Å². The Morgan fingerprint density at radius 2 is 1.05 bits per heavy atom. The zero-order valence-electron chi connectivity index (χ0n) is 56.1. The molecule has 504 valence electrons. The SMILES string of the molecule is Cc1nn(C)c2cc(-c3noc(C4CCN(C(=O)CNC(=O)c5ccccc5)CC4)n3)ccc12.Cc1nn(C)c2cc(/C(N)=N/O)ccc12.Cc1nn(C)c2cc(Br)ccc12.O=C(NCC(=O)N1CCC(C(=O)O)CC1)c1ccccc1.[2H]CF.[C-]#[N+]c1ccc2c(C)nn(C)c2c1. The largest absolute Gasteiger partial charge is 0.481 e. The number of likely N-dealkylation sites (tertiary alicyclic amines) is 2. The molecule has 5 aromatic heterocycles. The number of aromatic nitrogens is 10. The van der Waals surface area contributed by atoms with Crippen LogP contribution in [0, 0.1) is 40.2 Å². The van der Waals surface area contributed by atoms with Crippen molar-refractivity contribution in [2.75, 3.05) is 46.4 Å². The van der Waals surface area contributed by atoms with Crippen molar-refractivity contribution < 1.29 is 44.6 Å². The highest BCUT2D eigenvalue weighted by molar-refractivity contribution is 9.10. The summed E-state index contributed by atoms with van der Waals surface area (Å²) in [5.41, 5.74) is 17.0. The molecule has 2 saturated heterocycles. The second-order valence-corrected chi connectivity index (χ2v) is 23.9. The van der Waals surface area contributed by atoms with E-state index in [9.17, 15) is 28.4 Å². The number of carbonyl (C=O) groups excluding carboxylic acids is 4. The number of oxime groups is 1. The Morgan fingerprint density at radius 1 is 0.629 bits per heavy atom. The minimum atomic E-state index is -1.00. The van der Waals surface area contributed by atoms with Crippen molar-refractivity contribution in [1.29, 1.82) is 0 Å². The van der Waals surface area contributed by atoms with Gasteiger partial charge < -0.3 is 41.0 Å². The van der Waals surface area contributed by atoms with Crippen molar-refractivity contribution in [1.82, 2.24) is 69.7 Å². The van der Waals surface area contributed by atoms with Crippen LogP contribution in [0.2, 0.25) is 0 Å². The van der Waals surface area contributed by atoms with Crippen molar-refractivity contribution >= 4 is 101 Å². The highest BCUT2D eigenvalue weighted by atomic mass is 79.9. The number of fused-ring (bicyclic) bond motifs is 4. The van der Waals surface area contributed by atoms with Crippen molar-refractivity contribution in [2.45, 2.75) is 59.3 Å². The first-order valence-corrected chi connectivity index (χ1v) is 31.7. The van der Waals surface area contributed by atoms with E-state index in [1.165, 1.54) is 10.9 Å². The lowest BCUT2D eigenvalue weighted by Crippen LogP contribution is -2.45. The molecule has 13 rings (SSSR count). The lowest BCUT2D eigenvalue weighted by atomic mass is 9.96. The number of nitrogens with one attached hydrogen (secondary N) is 2. The third-order valence-corrected chi connectivity index (χ3v) is 17.1. The maximum absolute atomic E-state index is 12.6. The molecular formula is C70H77BrFN17O8. The van der Waals surface area contributed by atoms with Gasteiger partial charge in [0.15, 0.2) is 11.5 Å². The first-order chi connectivity index (χ1) is 47.0. The highest BCUT2D eigenvalue weighted by Gasteiger charge is 2.29. The van der Waals surface area contributed by atoms with E-state index in [2.05, 4.69) is 79.2 Å². The number of halogens is 2. The Bertz CT molecular complexity index is 4680. The van der Waals surface area contributed by atoms with Crippen LogP contribution in [-0.4, -0.2) is 151 Å². The quantitative estimate of drug-likeness (QED) is 0.0279. The molecule has 0 unspecified atom stereocenters. The number of alkyl halides is 1. The molecule has 0 aliphatic carbocycles. The lowest BCUT2D eigenvalue weighted by molar-refractivity contribution is -0.145. The molecular weight excluding hydrogens is 1310 g/mol. The van der Waals surface area contributed by atoms with Gasteiger partial charge in [0, 0.05) is 109 Å². The summed E-state index contributed by atoms with van der Waals surface area (Å²) in [7, 11) is 6.64. The summed E-state index contributed by atoms with van der Waals surface area (Å²) in [4.78, 5) is 70.8. The Kier molecular flexibility index (Phi) is 24.1. The van der Waals surface area contributed by atoms with Gasteiger partial charge in [-0.25, -0.2) is 4.85 Å². The van der Waals surface area contributed by atoms with Gasteiger partial charge in [-0.3, -0.25) is 47.1 Å². The molecule has 0 spiro atoms. The zero-order chi connectivity index (χ0) is 70.7. The van der Waals surface area contributed by atoms with Gasteiger partial charge in [0.1, 0.15) is 0 Å². The Hall–Kier alpha value is -11.1. The summed E-state index contributed by atoms with van der Waals surface area (Å²) in [6, 6.07) is 41.0. The van der Waals surface area contributed by atoms with E-state index in [1.54, 1.807) is 67.7 Å². The molecule has 2 aliphatic rings. The fraction of sp³-hybridized carbons (Fsp3) is 0.300. The Morgan fingerprint density at radius 3 is 1.52 bits per heavy atom. The topological polar surface area (TPSA) is 309 Å². The number of carboxylic acids is 1. The predicted octanol–water partition coefficient (Wildman–Crippen LogP) is 10.4. The van der Waals surface area contributed by atoms with Crippen LogP contribution in [0.1, 0.15) is 87.9 Å². The van der Waals surface area contributed by atoms with E-state index in [-0.39, 0.29) is 54.4 Å². The number of nitrogens with zero attached hydrogens (tertiary/aromatic N) is 14. The number of nitrogens with two attached hydrogens (primary N) is 1. The highest BCUT2D eigenvalue weighted by Crippen LogP contribution is 2.31. The van der Waals surface area contributed by atoms with Gasteiger partial charge in [0.25, 0.3) is 11.8 Å². The van der Waals surface area contributed by atoms with Crippen LogP contribution in [0.5, 0.6) is 0 Å². The Labute approximate surface area is 569 Å². The first kappa shape index (κ1) is 70.2. The summed E-state index contributed by atoms with van der Waals surface area (Å²) in [5, 5.41) is 51.8. The monoisotopic (exact) mass is 1380 g/mol. The molecule has 11 aromatic rings. The van der Waals surface area contributed by atoms with Crippen molar-refractivity contribution in [3.63, 3.8) is 0 Å². The maximum atomic E-state index is 12.6. The molecule has 0 radical (unpaired) electrons. The number of hydrogen-bond acceptors (Lipinski definition) is 14. The number of hydrogen-bond donors (Lipinski definition) is 5. The lowest BCUT2D eigenvalue weighted by Gasteiger charge is -2.30. The molecule has 6 N–H and O–H groups in total. The van der Waals surface area contributed by atoms with Gasteiger partial charge in [-0.1, -0.05) is 99.0 Å². The van der Waals surface area contributed by atoms with Gasteiger partial charge in [-0.2, -0.15) is 25.4 Å². The van der Waals surface area contributed by atoms with Crippen LogP contribution in [-0.2, 0) is 42.6 Å². The minimum Gasteiger partial charge on any atom is -0.481 e. The zero-order valence-corrected chi connectivity index (χ0v) is 56.7. The van der Waals surface area contributed by atoms with Crippen molar-refractivity contribution in [3.8, 4) is 11.4 Å². The molecule has 25 nitrogen and oxygen atoms in total. The van der Waals surface area contributed by atoms with Crippen molar-refractivity contribution in [2.24, 2.45) is 45.0 Å². The summed E-state index contributed by atoms with van der Waals surface area (Å²) < 4.78 is 29.5. The third kappa shape index (κ3) is 18.0. The van der Waals surface area contributed by atoms with Gasteiger partial charge in [-0.05, 0) is 114 Å². The maximum Gasteiger partial charge on any atom is 0.306 e. The molecule has 0 saturated carbocycles. The number of carboxylic acid groups (broad SMARTS) is 1. The molecule has 2 fully saturated rings. The second kappa shape index (κ2) is 33.3. The van der Waals surface area contributed by atoms with Crippen LogP contribution < -0.4 is 16.4 Å². The smallest absolute Gasteiger partial charge is 0.306 e. The number of rotatable bonds is 10. The van der Waals surface area contributed by atoms with Gasteiger partial charge >= 0.3 is 5.97 Å². The van der Waals surface area contributed by atoms with E-state index in [0.29, 0.717) is 73.1 Å². The summed E-state index contributed by atoms with van der Waals surface area (Å²) in [6.07, 6.45) is 2.40. The fourth-order valence-electron chi connectivity index (χ4n) is 11.3. The summed E-state index contributed by atoms with van der Waals surface area (Å²) >= 11 is 3.43. The number of carbonyl (C=O) groups is 5. The van der Waals surface area contributed by atoms with Gasteiger partial charge in [0.05, 0.1) is 78.9 Å². The van der Waals surface area contributed by atoms with E-state index in [1.807, 2.05) is 138 Å². The van der Waals surface area contributed by atoms with Crippen molar-refractivity contribution in [3.05, 3.63) is 195 Å². The number of aryl methyl sites for hydroxylation is 8. The molecule has 0 atom stereocenters. The van der Waals surface area contributed by atoms with Crippen LogP contribution >= 0.6 is 15.9 Å². The average Bonchev–Trinajstić information content (AvgIpc) is 1.66. The number of benzene rings is 6. The fourth-order valence-corrected chi connectivity index (χ4v) is 11.7. The average molecular weight is 1380 g/mol. The number of amides is 4. The van der Waals surface area contributed by atoms with Crippen LogP contribution in [0.25, 0.3) is 59.8 Å². The van der Waals surface area contributed by atoms with E-state index in [4.69, 9.17) is 28.5 Å². The number of piperidine rings is 2. The Balaban J connectivity index is 0.000000164. The molecule has 2 aliphatic heterocycles. The molecule has 7 heterocycles. The van der Waals surface area contributed by atoms with E-state index in [0.717, 1.165) is 78.4 Å². The van der Waals surface area contributed by atoms with E-state index < -0.39 is 13.1 Å². The predicted molar refractivity (Wildman–Crippen MR) is 372 cm³/mol. The third-order valence-electron chi connectivity index (χ3n) is 16.6. The van der Waals surface area contributed by atoms with Gasteiger partial charge in [0.2, 0.25) is 23.5 Å². The standard InChI is InChI=1S/C25H26N6O3.C15H18N2O4.C10H12N4O.C10H9N3.C9H9BrN2.CH3F/c1-16-20-9-8-19(14-21(20)30(2)28-16)23-27-25(34-29-23)18-10-12-31(13-11-18)22(32)15-26-24(33)17-6-4-3-5-7-17;18-13(17-8-6-12(7-9-17)15(20)21)10-16-14(19)11-4-2-1-3-5-11;1-6-8-4-3-7(10(11)13-15)5-9(8)14(2)12-6;1-7-9-5-4-8(11-2)6-10(9)13(3)12-7;1-6-8-4-3-7(10)5-9(8)12(2)11-6;1-2/h3-9,14,18H,10-13,15H2,1-2H3,(H,26,33);1-5,12H,6-10H2,(H,16,19)(H,20,21);3-5,15H,1-2H3,(H2,11,13);4-6H,1,3H3;3-5H,1-2H3;1H3/i;;;;;1D. The molecule has 27 heteroatoms. The normalized spacial score (nSPS) is 13.2. The summed E-state index contributed by atoms with van der Waals surface area (Å²) in [5.74, 6) is -0.614. The minimum absolute atomic E-state index is 0.0148. The van der Waals surface area contributed by atoms with Crippen LogP contribution in [0.4, 0.5) is 10.1 Å². The first-order valence-electron chi connectivity index (χ1n) is 31.6. The molecule has 6 aromatic carbocycles. The molecule has 97 heavy (non-hydrogen) atoms. The molecule has 4 amide bonds.